The zero-order chi connectivity index (χ0) is 17.8. The molecule has 6 heteroatoms. The zero-order valence-electron chi connectivity index (χ0n) is 14.6. The molecule has 0 bridgehead atoms. The summed E-state index contributed by atoms with van der Waals surface area (Å²) in [5, 5.41) is 3.83. The van der Waals surface area contributed by atoms with Gasteiger partial charge in [-0.1, -0.05) is 18.2 Å². The van der Waals surface area contributed by atoms with Crippen molar-refractivity contribution >= 4 is 16.9 Å². The topological polar surface area (TPSA) is 67.8 Å². The Morgan fingerprint density at radius 1 is 1.24 bits per heavy atom. The van der Waals surface area contributed by atoms with Crippen LogP contribution in [-0.2, 0) is 11.3 Å². The van der Waals surface area contributed by atoms with Gasteiger partial charge in [-0.25, -0.2) is 0 Å². The lowest BCUT2D eigenvalue weighted by Gasteiger charge is -2.22. The molecule has 0 aliphatic rings. The number of methoxy groups -OCH3 is 1. The predicted molar refractivity (Wildman–Crippen MR) is 94.4 cm³/mol. The van der Waals surface area contributed by atoms with E-state index in [1.165, 1.54) is 0 Å². The molecular weight excluding hydrogens is 320 g/mol. The molecule has 1 N–H and O–H groups in total. The number of amides is 1. The minimum atomic E-state index is -0.262. The van der Waals surface area contributed by atoms with E-state index in [9.17, 15) is 4.79 Å². The molecule has 0 fully saturated rings. The third-order valence-electron chi connectivity index (χ3n) is 4.14. The van der Waals surface area contributed by atoms with E-state index in [4.69, 9.17) is 13.6 Å². The fourth-order valence-electron chi connectivity index (χ4n) is 2.86. The Bertz CT molecular complexity index is 836. The quantitative estimate of drug-likeness (QED) is 0.714. The average Bonchev–Trinajstić information content (AvgIpc) is 3.24. The van der Waals surface area contributed by atoms with Crippen LogP contribution in [0.15, 0.2) is 51.5 Å². The van der Waals surface area contributed by atoms with Gasteiger partial charge in [-0.3, -0.25) is 9.69 Å². The lowest BCUT2D eigenvalue weighted by atomic mass is 10.1. The van der Waals surface area contributed by atoms with Crippen molar-refractivity contribution in [2.75, 3.05) is 27.7 Å². The van der Waals surface area contributed by atoms with Crippen molar-refractivity contribution in [2.24, 2.45) is 0 Å². The Morgan fingerprint density at radius 2 is 2.04 bits per heavy atom. The third kappa shape index (κ3) is 3.60. The maximum atomic E-state index is 12.7. The van der Waals surface area contributed by atoms with Crippen molar-refractivity contribution in [3.05, 3.63) is 59.7 Å². The number of furan rings is 2. The number of fused-ring (bicyclic) bond motifs is 1. The molecule has 132 valence electrons. The van der Waals surface area contributed by atoms with Gasteiger partial charge in [0.1, 0.15) is 11.3 Å². The summed E-state index contributed by atoms with van der Waals surface area (Å²) in [6.07, 6.45) is 1.63. The molecule has 3 aromatic rings. The van der Waals surface area contributed by atoms with Gasteiger partial charge in [-0.05, 0) is 32.3 Å². The van der Waals surface area contributed by atoms with E-state index in [2.05, 4.69) is 5.32 Å². The number of para-hydroxylation sites is 1. The highest BCUT2D eigenvalue weighted by Crippen LogP contribution is 2.27. The zero-order valence-corrected chi connectivity index (χ0v) is 14.6. The summed E-state index contributed by atoms with van der Waals surface area (Å²) in [5.74, 6) is 0.827. The highest BCUT2D eigenvalue weighted by molar-refractivity contribution is 5.99. The van der Waals surface area contributed by atoms with Gasteiger partial charge >= 0.3 is 0 Å². The van der Waals surface area contributed by atoms with E-state index < -0.39 is 0 Å². The van der Waals surface area contributed by atoms with E-state index in [0.717, 1.165) is 16.7 Å². The molecule has 0 radical (unpaired) electrons. The lowest BCUT2D eigenvalue weighted by Crippen LogP contribution is -2.34. The average molecular weight is 342 g/mol. The van der Waals surface area contributed by atoms with E-state index in [1.807, 2.05) is 55.4 Å². The van der Waals surface area contributed by atoms with Gasteiger partial charge in [0.25, 0.3) is 5.91 Å². The van der Waals surface area contributed by atoms with Crippen molar-refractivity contribution < 1.29 is 18.4 Å². The van der Waals surface area contributed by atoms with Gasteiger partial charge in [0.15, 0.2) is 5.76 Å². The minimum Gasteiger partial charge on any atom is -0.468 e. The molecule has 25 heavy (non-hydrogen) atoms. The molecule has 0 aliphatic heterocycles. The van der Waals surface area contributed by atoms with Crippen LogP contribution in [0.5, 0.6) is 0 Å². The number of benzene rings is 1. The normalized spacial score (nSPS) is 12.6. The van der Waals surface area contributed by atoms with Crippen molar-refractivity contribution in [1.29, 1.82) is 0 Å². The second-order valence-electron chi connectivity index (χ2n) is 6.04. The molecule has 1 aromatic carbocycles. The van der Waals surface area contributed by atoms with Crippen LogP contribution in [-0.4, -0.2) is 38.6 Å². The van der Waals surface area contributed by atoms with E-state index in [-0.39, 0.29) is 11.9 Å². The Hall–Kier alpha value is -2.57. The number of carbonyl (C=O) groups is 1. The molecule has 0 saturated carbocycles. The number of hydrogen-bond donors (Lipinski definition) is 1. The molecular formula is C19H22N2O4. The van der Waals surface area contributed by atoms with Crippen molar-refractivity contribution in [3.63, 3.8) is 0 Å². The number of likely N-dealkylation sites (N-methyl/N-ethyl adjacent to an activating group) is 1. The number of rotatable bonds is 7. The van der Waals surface area contributed by atoms with Gasteiger partial charge in [0.05, 0.1) is 18.9 Å². The molecule has 1 atom stereocenters. The predicted octanol–water partition coefficient (Wildman–Crippen LogP) is 3.20. The summed E-state index contributed by atoms with van der Waals surface area (Å²) < 4.78 is 16.5. The maximum Gasteiger partial charge on any atom is 0.287 e. The lowest BCUT2D eigenvalue weighted by molar-refractivity contribution is 0.0907. The summed E-state index contributed by atoms with van der Waals surface area (Å²) in [6.45, 7) is 0.720. The van der Waals surface area contributed by atoms with Crippen LogP contribution in [0.25, 0.3) is 11.0 Å². The molecule has 0 aliphatic carbocycles. The van der Waals surface area contributed by atoms with Gasteiger partial charge < -0.3 is 18.9 Å². The smallest absolute Gasteiger partial charge is 0.287 e. The summed E-state index contributed by atoms with van der Waals surface area (Å²) in [4.78, 5) is 14.7. The van der Waals surface area contributed by atoms with E-state index in [1.54, 1.807) is 13.4 Å². The van der Waals surface area contributed by atoms with Crippen LogP contribution in [0.3, 0.4) is 0 Å². The summed E-state index contributed by atoms with van der Waals surface area (Å²) in [5.41, 5.74) is 1.44. The first kappa shape index (κ1) is 17.3. The first-order valence-electron chi connectivity index (χ1n) is 8.09. The minimum absolute atomic E-state index is 0.0609. The largest absolute Gasteiger partial charge is 0.468 e. The van der Waals surface area contributed by atoms with Crippen LogP contribution in [0, 0.1) is 0 Å². The Balaban J connectivity index is 1.81. The number of hydrogen-bond acceptors (Lipinski definition) is 5. The highest BCUT2D eigenvalue weighted by atomic mass is 16.5. The first-order chi connectivity index (χ1) is 12.1. The molecule has 0 spiro atoms. The van der Waals surface area contributed by atoms with Crippen LogP contribution < -0.4 is 5.32 Å². The van der Waals surface area contributed by atoms with Crippen LogP contribution in [0.2, 0.25) is 0 Å². The SMILES string of the molecule is COCc1c(C(=O)NCC(c2ccco2)N(C)C)oc2ccccc12. The molecule has 1 unspecified atom stereocenters. The second-order valence-corrected chi connectivity index (χ2v) is 6.04. The number of nitrogens with one attached hydrogen (secondary N) is 1. The number of carbonyl (C=O) groups excluding carboxylic acids is 1. The Morgan fingerprint density at radius 3 is 2.72 bits per heavy atom. The molecule has 1 amide bonds. The maximum absolute atomic E-state index is 12.7. The van der Waals surface area contributed by atoms with Gasteiger partial charge in [-0.2, -0.15) is 0 Å². The standard InChI is InChI=1S/C19H22N2O4/c1-21(2)15(17-9-6-10-24-17)11-20-19(22)18-14(12-23-3)13-7-4-5-8-16(13)25-18/h4-10,15H,11-12H2,1-3H3,(H,20,22). The summed E-state index contributed by atoms with van der Waals surface area (Å²) in [7, 11) is 5.48. The Kier molecular flexibility index (Phi) is 5.21. The van der Waals surface area contributed by atoms with Crippen LogP contribution in [0.1, 0.15) is 27.9 Å². The van der Waals surface area contributed by atoms with Crippen molar-refractivity contribution in [3.8, 4) is 0 Å². The number of nitrogens with zero attached hydrogens (tertiary/aromatic N) is 1. The molecule has 2 aromatic heterocycles. The van der Waals surface area contributed by atoms with Gasteiger partial charge in [-0.15, -0.1) is 0 Å². The van der Waals surface area contributed by atoms with E-state index in [0.29, 0.717) is 24.5 Å². The molecule has 6 nitrogen and oxygen atoms in total. The Labute approximate surface area is 146 Å². The highest BCUT2D eigenvalue weighted by Gasteiger charge is 2.23. The molecule has 2 heterocycles. The summed E-state index contributed by atoms with van der Waals surface area (Å²) in [6, 6.07) is 11.2. The second kappa shape index (κ2) is 7.55. The van der Waals surface area contributed by atoms with Gasteiger partial charge in [0.2, 0.25) is 0 Å². The first-order valence-corrected chi connectivity index (χ1v) is 8.09. The van der Waals surface area contributed by atoms with Crippen molar-refractivity contribution in [2.45, 2.75) is 12.6 Å². The fourth-order valence-corrected chi connectivity index (χ4v) is 2.86. The van der Waals surface area contributed by atoms with E-state index >= 15 is 0 Å². The molecule has 0 saturated heterocycles. The number of ether oxygens (including phenoxy) is 1. The summed E-state index contributed by atoms with van der Waals surface area (Å²) >= 11 is 0. The molecule has 3 rings (SSSR count). The van der Waals surface area contributed by atoms with Gasteiger partial charge in [0, 0.05) is 24.6 Å². The van der Waals surface area contributed by atoms with Crippen molar-refractivity contribution in [1.82, 2.24) is 10.2 Å². The third-order valence-corrected chi connectivity index (χ3v) is 4.14. The fraction of sp³-hybridized carbons (Fsp3) is 0.316. The van der Waals surface area contributed by atoms with Crippen LogP contribution in [0.4, 0.5) is 0 Å². The van der Waals surface area contributed by atoms with Crippen LogP contribution >= 0.6 is 0 Å². The monoisotopic (exact) mass is 342 g/mol.